The van der Waals surface area contributed by atoms with Crippen LogP contribution in [-0.4, -0.2) is 46.4 Å². The average Bonchev–Trinajstić information content (AvgIpc) is 3.89. The summed E-state index contributed by atoms with van der Waals surface area (Å²) in [6.07, 6.45) is 24.7. The number of fused-ring (bicyclic) bond motifs is 1. The molecule has 2 aromatic rings. The molecule has 48 heavy (non-hydrogen) atoms. The van der Waals surface area contributed by atoms with E-state index in [1.54, 1.807) is 11.3 Å². The van der Waals surface area contributed by atoms with Crippen molar-refractivity contribution in [3.63, 3.8) is 0 Å². The molecule has 0 unspecified atom stereocenters. The maximum atomic E-state index is 14.4. The Hall–Kier alpha value is -2.66. The number of amides is 2. The second kappa shape index (κ2) is 21.4. The molecule has 0 atom stereocenters. The van der Waals surface area contributed by atoms with Crippen LogP contribution in [0.3, 0.4) is 0 Å². The highest BCUT2D eigenvalue weighted by molar-refractivity contribution is 7.13. The van der Waals surface area contributed by atoms with Crippen molar-refractivity contribution >= 4 is 45.9 Å². The Morgan fingerprint density at radius 2 is 1.06 bits per heavy atom. The molecule has 0 saturated carbocycles. The molecule has 0 saturated heterocycles. The Morgan fingerprint density at radius 3 is 1.50 bits per heavy atom. The molecule has 0 bridgehead atoms. The fourth-order valence-corrected chi connectivity index (χ4v) is 8.65. The Labute approximate surface area is 298 Å². The highest BCUT2D eigenvalue weighted by Gasteiger charge is 2.49. The van der Waals surface area contributed by atoms with Crippen molar-refractivity contribution < 1.29 is 14.7 Å². The normalized spacial score (nSPS) is 14.5. The van der Waals surface area contributed by atoms with Crippen LogP contribution in [0.25, 0.3) is 11.4 Å². The van der Waals surface area contributed by atoms with Crippen molar-refractivity contribution in [3.05, 3.63) is 55.4 Å². The number of hydrogen-bond acceptors (Lipinski definition) is 5. The number of rotatable bonds is 24. The van der Waals surface area contributed by atoms with E-state index in [2.05, 4.69) is 25.7 Å². The van der Waals surface area contributed by atoms with Gasteiger partial charge in [0.1, 0.15) is 6.61 Å². The number of unbranched alkanes of at least 4 members (excludes halogenated alkanes) is 18. The molecule has 0 spiro atoms. The summed E-state index contributed by atoms with van der Waals surface area (Å²) in [5.41, 5.74) is 2.68. The first-order chi connectivity index (χ1) is 23.6. The highest BCUT2D eigenvalue weighted by atomic mass is 32.1. The first-order valence-electron chi connectivity index (χ1n) is 19.0. The zero-order chi connectivity index (χ0) is 34.0. The maximum Gasteiger partial charge on any atom is 0.261 e. The van der Waals surface area contributed by atoms with Gasteiger partial charge < -0.3 is 14.9 Å². The minimum Gasteiger partial charge on any atom is -0.384 e. The van der Waals surface area contributed by atoms with E-state index in [-0.39, 0.29) is 18.4 Å². The summed E-state index contributed by atoms with van der Waals surface area (Å²) >= 11 is 3.09. The lowest BCUT2D eigenvalue weighted by molar-refractivity contribution is -0.124. The van der Waals surface area contributed by atoms with Gasteiger partial charge in [0.15, 0.2) is 0 Å². The highest BCUT2D eigenvalue weighted by Crippen LogP contribution is 2.48. The van der Waals surface area contributed by atoms with Gasteiger partial charge in [-0.1, -0.05) is 147 Å². The summed E-state index contributed by atoms with van der Waals surface area (Å²) in [6.45, 7) is 5.55. The molecule has 0 aliphatic carbocycles. The molecule has 0 radical (unpaired) electrons. The molecule has 5 nitrogen and oxygen atoms in total. The lowest BCUT2D eigenvalue weighted by Crippen LogP contribution is -2.30. The van der Waals surface area contributed by atoms with Crippen LogP contribution in [0.5, 0.6) is 0 Å². The van der Waals surface area contributed by atoms with Crippen molar-refractivity contribution in [1.29, 1.82) is 0 Å². The van der Waals surface area contributed by atoms with E-state index < -0.39 is 0 Å². The zero-order valence-electron chi connectivity index (χ0n) is 29.6. The number of aliphatic hydroxyl groups is 1. The zero-order valence-corrected chi connectivity index (χ0v) is 31.3. The summed E-state index contributed by atoms with van der Waals surface area (Å²) in [6, 6.07) is 7.97. The van der Waals surface area contributed by atoms with Gasteiger partial charge >= 0.3 is 0 Å². The minimum absolute atomic E-state index is 0.0466. The molecule has 4 heterocycles. The molecule has 2 aliphatic heterocycles. The molecule has 2 aliphatic rings. The van der Waals surface area contributed by atoms with Crippen LogP contribution in [0, 0.1) is 11.8 Å². The molecule has 2 aromatic heterocycles. The SMILES string of the molecule is CCCCCCCCCCCCN1C(=O)C2=C(c3ccc(C#CCO)s3)N(CCCCCCCCCCCC)C(=O)C2=C1c1cccs1. The number of aliphatic hydroxyl groups excluding tert-OH is 1. The van der Waals surface area contributed by atoms with Crippen LogP contribution in [-0.2, 0) is 9.59 Å². The van der Waals surface area contributed by atoms with E-state index in [4.69, 9.17) is 0 Å². The van der Waals surface area contributed by atoms with Crippen molar-refractivity contribution in [2.45, 2.75) is 142 Å². The second-order valence-electron chi connectivity index (χ2n) is 13.3. The molecular weight excluding hydrogens is 633 g/mol. The van der Waals surface area contributed by atoms with Gasteiger partial charge in [-0.2, -0.15) is 0 Å². The van der Waals surface area contributed by atoms with Crippen LogP contribution < -0.4 is 0 Å². The van der Waals surface area contributed by atoms with E-state index in [1.165, 1.54) is 114 Å². The van der Waals surface area contributed by atoms with Crippen molar-refractivity contribution in [2.24, 2.45) is 0 Å². The number of nitrogens with zero attached hydrogens (tertiary/aromatic N) is 2. The van der Waals surface area contributed by atoms with Gasteiger partial charge in [0.05, 0.1) is 37.2 Å². The summed E-state index contributed by atoms with van der Waals surface area (Å²) < 4.78 is 0. The molecule has 0 fully saturated rings. The number of hydrogen-bond donors (Lipinski definition) is 1. The lowest BCUT2D eigenvalue weighted by atomic mass is 10.1. The monoisotopic (exact) mass is 690 g/mol. The van der Waals surface area contributed by atoms with Crippen LogP contribution in [0.15, 0.2) is 40.8 Å². The summed E-state index contributed by atoms with van der Waals surface area (Å²) in [4.78, 5) is 35.2. The molecule has 7 heteroatoms. The van der Waals surface area contributed by atoms with E-state index in [0.717, 1.165) is 51.7 Å². The van der Waals surface area contributed by atoms with Gasteiger partial charge in [0.25, 0.3) is 11.8 Å². The van der Waals surface area contributed by atoms with Crippen LogP contribution in [0.2, 0.25) is 0 Å². The number of thiophene rings is 2. The lowest BCUT2D eigenvalue weighted by Gasteiger charge is -2.24. The Bertz CT molecular complexity index is 1410. The Balaban J connectivity index is 1.47. The predicted octanol–water partition coefficient (Wildman–Crippen LogP) is 10.8. The molecule has 262 valence electrons. The van der Waals surface area contributed by atoms with Crippen LogP contribution in [0.4, 0.5) is 0 Å². The Kier molecular flexibility index (Phi) is 17.0. The second-order valence-corrected chi connectivity index (χ2v) is 15.4. The number of carbonyl (C=O) groups excluding carboxylic acids is 2. The standard InChI is InChI=1S/C41H58N2O3S2/c1-3-5-7-9-11-13-15-17-19-21-29-42-38(34-26-24-32-47-34)36-37(41(42)46)39(35-28-27-33(48-35)25-23-31-44)43(40(36)45)30-22-20-18-16-14-12-10-8-6-4-2/h24,26-28,32,44H,3-22,29-31H2,1-2H3. The largest absolute Gasteiger partial charge is 0.384 e. The van der Waals surface area contributed by atoms with Gasteiger partial charge in [-0.15, -0.1) is 22.7 Å². The summed E-state index contributed by atoms with van der Waals surface area (Å²) in [5, 5.41) is 11.3. The first-order valence-corrected chi connectivity index (χ1v) is 20.7. The van der Waals surface area contributed by atoms with Gasteiger partial charge in [0.2, 0.25) is 0 Å². The van der Waals surface area contributed by atoms with E-state index in [1.807, 2.05) is 39.4 Å². The maximum absolute atomic E-state index is 14.4. The Morgan fingerprint density at radius 1 is 0.604 bits per heavy atom. The van der Waals surface area contributed by atoms with Crippen molar-refractivity contribution in [1.82, 2.24) is 9.80 Å². The smallest absolute Gasteiger partial charge is 0.261 e. The van der Waals surface area contributed by atoms with E-state index in [0.29, 0.717) is 24.2 Å². The molecule has 4 rings (SSSR count). The van der Waals surface area contributed by atoms with Gasteiger partial charge in [0, 0.05) is 13.1 Å². The molecule has 1 N–H and O–H groups in total. The average molecular weight is 691 g/mol. The molecule has 2 amide bonds. The first kappa shape index (κ1) is 38.1. The third kappa shape index (κ3) is 10.7. The fourth-order valence-electron chi connectivity index (χ4n) is 6.92. The number of carbonyl (C=O) groups is 2. The summed E-state index contributed by atoms with van der Waals surface area (Å²) in [7, 11) is 0. The van der Waals surface area contributed by atoms with E-state index >= 15 is 0 Å². The van der Waals surface area contributed by atoms with Gasteiger partial charge in [-0.3, -0.25) is 9.59 Å². The van der Waals surface area contributed by atoms with Gasteiger partial charge in [-0.25, -0.2) is 0 Å². The predicted molar refractivity (Wildman–Crippen MR) is 204 cm³/mol. The quantitative estimate of drug-likeness (QED) is 0.0881. The topological polar surface area (TPSA) is 60.9 Å². The third-order valence-electron chi connectivity index (χ3n) is 9.54. The fraction of sp³-hybridized carbons (Fsp3) is 0.610. The van der Waals surface area contributed by atoms with Crippen LogP contribution >= 0.6 is 22.7 Å². The molecular formula is C41H58N2O3S2. The third-order valence-corrected chi connectivity index (χ3v) is 11.4. The van der Waals surface area contributed by atoms with Crippen molar-refractivity contribution in [3.8, 4) is 11.8 Å². The van der Waals surface area contributed by atoms with Gasteiger partial charge in [-0.05, 0) is 36.4 Å². The van der Waals surface area contributed by atoms with Crippen molar-refractivity contribution in [2.75, 3.05) is 19.7 Å². The molecule has 0 aromatic carbocycles. The van der Waals surface area contributed by atoms with E-state index in [9.17, 15) is 14.7 Å². The van der Waals surface area contributed by atoms with Crippen LogP contribution in [0.1, 0.15) is 157 Å². The minimum atomic E-state index is -0.200. The summed E-state index contributed by atoms with van der Waals surface area (Å²) in [5.74, 6) is 5.66.